The molecule has 0 aliphatic heterocycles. The quantitative estimate of drug-likeness (QED) is 0.433. The van der Waals surface area contributed by atoms with Gasteiger partial charge in [-0.15, -0.1) is 0 Å². The Morgan fingerprint density at radius 1 is 0.900 bits per heavy atom. The molecule has 6 nitrogen and oxygen atoms in total. The van der Waals surface area contributed by atoms with Crippen molar-refractivity contribution in [2.75, 3.05) is 20.8 Å². The van der Waals surface area contributed by atoms with Crippen LogP contribution in [0.3, 0.4) is 0 Å². The zero-order chi connectivity index (χ0) is 21.2. The largest absolute Gasteiger partial charge is 0.493 e. The second-order valence-electron chi connectivity index (χ2n) is 6.44. The molecule has 3 aromatic rings. The van der Waals surface area contributed by atoms with Crippen LogP contribution in [-0.4, -0.2) is 32.9 Å². The van der Waals surface area contributed by atoms with Crippen LogP contribution in [0.1, 0.15) is 22.7 Å². The molecule has 0 aliphatic carbocycles. The van der Waals surface area contributed by atoms with Crippen LogP contribution in [0.5, 0.6) is 11.5 Å². The third-order valence-corrected chi connectivity index (χ3v) is 4.45. The molecule has 0 bridgehead atoms. The van der Waals surface area contributed by atoms with Crippen molar-refractivity contribution in [1.82, 2.24) is 5.32 Å². The summed E-state index contributed by atoms with van der Waals surface area (Å²) in [6, 6.07) is 24.7. The lowest BCUT2D eigenvalue weighted by Crippen LogP contribution is -2.31. The van der Waals surface area contributed by atoms with Crippen molar-refractivity contribution < 1.29 is 19.1 Å². The van der Waals surface area contributed by atoms with E-state index in [1.807, 2.05) is 66.7 Å². The van der Waals surface area contributed by atoms with E-state index in [2.05, 4.69) is 10.5 Å². The number of amides is 1. The van der Waals surface area contributed by atoms with Crippen molar-refractivity contribution in [3.63, 3.8) is 0 Å². The summed E-state index contributed by atoms with van der Waals surface area (Å²) < 4.78 is 10.5. The molecular weight excluding hydrogens is 380 g/mol. The monoisotopic (exact) mass is 404 g/mol. The fourth-order valence-electron chi connectivity index (χ4n) is 2.98. The second-order valence-corrected chi connectivity index (χ2v) is 6.44. The van der Waals surface area contributed by atoms with Gasteiger partial charge in [-0.05, 0) is 29.3 Å². The molecule has 0 atom stereocenters. The van der Waals surface area contributed by atoms with E-state index in [1.165, 1.54) is 6.21 Å². The smallest absolute Gasteiger partial charge is 0.261 e. The Hall–Kier alpha value is -3.80. The number of hydrogen-bond acceptors (Lipinski definition) is 5. The van der Waals surface area contributed by atoms with E-state index in [9.17, 15) is 4.79 Å². The normalized spacial score (nSPS) is 10.8. The van der Waals surface area contributed by atoms with Gasteiger partial charge < -0.3 is 19.6 Å². The predicted octanol–water partition coefficient (Wildman–Crippen LogP) is 3.96. The van der Waals surface area contributed by atoms with Crippen molar-refractivity contribution in [3.05, 3.63) is 95.6 Å². The molecule has 154 valence electrons. The number of nitrogens with one attached hydrogen (secondary N) is 1. The number of rotatable bonds is 9. The maximum absolute atomic E-state index is 12.4. The van der Waals surface area contributed by atoms with Gasteiger partial charge in [-0.1, -0.05) is 65.8 Å². The summed E-state index contributed by atoms with van der Waals surface area (Å²) in [6.45, 7) is -0.194. The van der Waals surface area contributed by atoms with E-state index in [1.54, 1.807) is 26.4 Å². The van der Waals surface area contributed by atoms with Crippen molar-refractivity contribution in [2.24, 2.45) is 5.16 Å². The number of methoxy groups -OCH3 is 2. The van der Waals surface area contributed by atoms with E-state index in [0.717, 1.165) is 16.7 Å². The zero-order valence-electron chi connectivity index (χ0n) is 16.9. The number of benzene rings is 3. The first kappa shape index (κ1) is 20.9. The molecule has 0 saturated heterocycles. The van der Waals surface area contributed by atoms with Gasteiger partial charge in [0.2, 0.25) is 0 Å². The lowest BCUT2D eigenvalue weighted by atomic mass is 9.99. The molecule has 0 unspecified atom stereocenters. The Balaban J connectivity index is 1.60. The molecule has 3 rings (SSSR count). The summed E-state index contributed by atoms with van der Waals surface area (Å²) in [5, 5.41) is 6.89. The predicted molar refractivity (Wildman–Crippen MR) is 116 cm³/mol. The minimum atomic E-state index is -0.267. The van der Waals surface area contributed by atoms with Crippen LogP contribution in [0.15, 0.2) is 84.0 Å². The number of carbonyl (C=O) groups is 1. The Morgan fingerprint density at radius 2 is 1.50 bits per heavy atom. The molecule has 0 fully saturated rings. The van der Waals surface area contributed by atoms with Crippen LogP contribution < -0.4 is 14.8 Å². The number of hydrogen-bond donors (Lipinski definition) is 1. The third kappa shape index (κ3) is 5.61. The molecule has 0 saturated carbocycles. The highest BCUT2D eigenvalue weighted by molar-refractivity contribution is 5.81. The Kier molecular flexibility index (Phi) is 7.44. The highest BCUT2D eigenvalue weighted by atomic mass is 16.6. The molecule has 0 aromatic heterocycles. The van der Waals surface area contributed by atoms with E-state index >= 15 is 0 Å². The standard InChI is InChI=1S/C24H24N2O4/c1-28-21-14-13-18(15-22(21)29-2)16-25-30-17-23(27)26-24(19-9-5-3-6-10-19)20-11-7-4-8-12-20/h3-16,24H,17H2,1-2H3,(H,26,27). The Bertz CT molecular complexity index is 936. The summed E-state index contributed by atoms with van der Waals surface area (Å²) in [6.07, 6.45) is 1.51. The molecule has 3 aromatic carbocycles. The number of nitrogens with zero attached hydrogens (tertiary/aromatic N) is 1. The maximum Gasteiger partial charge on any atom is 0.261 e. The molecule has 1 amide bonds. The minimum Gasteiger partial charge on any atom is -0.493 e. The first-order valence-corrected chi connectivity index (χ1v) is 9.48. The number of oxime groups is 1. The highest BCUT2D eigenvalue weighted by Gasteiger charge is 2.16. The fourth-order valence-corrected chi connectivity index (χ4v) is 2.98. The molecule has 6 heteroatoms. The van der Waals surface area contributed by atoms with Gasteiger partial charge in [-0.25, -0.2) is 0 Å². The molecule has 0 heterocycles. The molecule has 0 aliphatic rings. The fraction of sp³-hybridized carbons (Fsp3) is 0.167. The summed E-state index contributed by atoms with van der Waals surface area (Å²) in [5.74, 6) is 0.952. The summed E-state index contributed by atoms with van der Waals surface area (Å²) >= 11 is 0. The van der Waals surface area contributed by atoms with Gasteiger partial charge in [0.25, 0.3) is 5.91 Å². The van der Waals surface area contributed by atoms with Crippen molar-refractivity contribution in [3.8, 4) is 11.5 Å². The molecular formula is C24H24N2O4. The van der Waals surface area contributed by atoms with E-state index in [-0.39, 0.29) is 18.6 Å². The van der Waals surface area contributed by atoms with Crippen molar-refractivity contribution in [1.29, 1.82) is 0 Å². The van der Waals surface area contributed by atoms with E-state index in [4.69, 9.17) is 14.3 Å². The van der Waals surface area contributed by atoms with Crippen LogP contribution in [0.2, 0.25) is 0 Å². The van der Waals surface area contributed by atoms with Gasteiger partial charge in [0.15, 0.2) is 18.1 Å². The van der Waals surface area contributed by atoms with Crippen molar-refractivity contribution >= 4 is 12.1 Å². The lowest BCUT2D eigenvalue weighted by Gasteiger charge is -2.19. The average Bonchev–Trinajstić information content (AvgIpc) is 2.81. The van der Waals surface area contributed by atoms with Crippen LogP contribution >= 0.6 is 0 Å². The van der Waals surface area contributed by atoms with E-state index < -0.39 is 0 Å². The van der Waals surface area contributed by atoms with Crippen LogP contribution in [0.25, 0.3) is 0 Å². The van der Waals surface area contributed by atoms with Gasteiger partial charge in [0.05, 0.1) is 26.5 Å². The Labute approximate surface area is 176 Å². The summed E-state index contributed by atoms with van der Waals surface area (Å²) in [7, 11) is 3.14. The molecule has 0 spiro atoms. The highest BCUT2D eigenvalue weighted by Crippen LogP contribution is 2.27. The maximum atomic E-state index is 12.4. The first-order valence-electron chi connectivity index (χ1n) is 9.48. The summed E-state index contributed by atoms with van der Waals surface area (Å²) in [5.41, 5.74) is 2.75. The zero-order valence-corrected chi connectivity index (χ0v) is 16.9. The van der Waals surface area contributed by atoms with Gasteiger partial charge in [0, 0.05) is 5.56 Å². The molecule has 1 N–H and O–H groups in total. The van der Waals surface area contributed by atoms with Gasteiger partial charge in [-0.3, -0.25) is 4.79 Å². The Morgan fingerprint density at radius 3 is 2.07 bits per heavy atom. The first-order chi connectivity index (χ1) is 14.7. The lowest BCUT2D eigenvalue weighted by molar-refractivity contribution is -0.126. The second kappa shape index (κ2) is 10.7. The third-order valence-electron chi connectivity index (χ3n) is 4.45. The SMILES string of the molecule is COc1ccc(C=NOCC(=O)NC(c2ccccc2)c2ccccc2)cc1OC. The van der Waals surface area contributed by atoms with Crippen LogP contribution in [-0.2, 0) is 9.63 Å². The topological polar surface area (TPSA) is 69.2 Å². The van der Waals surface area contributed by atoms with Gasteiger partial charge >= 0.3 is 0 Å². The number of carbonyl (C=O) groups excluding carboxylic acids is 1. The van der Waals surface area contributed by atoms with Gasteiger partial charge in [-0.2, -0.15) is 0 Å². The van der Waals surface area contributed by atoms with E-state index in [0.29, 0.717) is 11.5 Å². The van der Waals surface area contributed by atoms with Crippen LogP contribution in [0, 0.1) is 0 Å². The van der Waals surface area contributed by atoms with Crippen LogP contribution in [0.4, 0.5) is 0 Å². The summed E-state index contributed by atoms with van der Waals surface area (Å²) in [4.78, 5) is 17.6. The van der Waals surface area contributed by atoms with Crippen molar-refractivity contribution in [2.45, 2.75) is 6.04 Å². The van der Waals surface area contributed by atoms with Gasteiger partial charge in [0.1, 0.15) is 0 Å². The minimum absolute atomic E-state index is 0.194. The molecule has 30 heavy (non-hydrogen) atoms. The average molecular weight is 404 g/mol. The molecule has 0 radical (unpaired) electrons. The number of ether oxygens (including phenoxy) is 2.